The van der Waals surface area contributed by atoms with E-state index in [9.17, 15) is 9.18 Å². The lowest BCUT2D eigenvalue weighted by atomic mass is 10.2. The Morgan fingerprint density at radius 1 is 1.57 bits per heavy atom. The van der Waals surface area contributed by atoms with Gasteiger partial charge in [0.25, 0.3) is 5.91 Å². The first-order valence-corrected chi connectivity index (χ1v) is 4.48. The van der Waals surface area contributed by atoms with Crippen molar-refractivity contribution in [2.75, 3.05) is 6.54 Å². The minimum atomic E-state index is -0.498. The Morgan fingerprint density at radius 2 is 2.29 bits per heavy atom. The van der Waals surface area contributed by atoms with Crippen LogP contribution in [0.2, 0.25) is 0 Å². The second kappa shape index (κ2) is 4.69. The van der Waals surface area contributed by atoms with Crippen molar-refractivity contribution in [3.05, 3.63) is 29.8 Å². The summed E-state index contributed by atoms with van der Waals surface area (Å²) in [6.07, 6.45) is 2.41. The summed E-state index contributed by atoms with van der Waals surface area (Å²) in [5.74, 6) is -0.409. The van der Waals surface area contributed by atoms with Crippen molar-refractivity contribution in [3.63, 3.8) is 0 Å². The van der Waals surface area contributed by atoms with E-state index in [1.54, 1.807) is 0 Å². The van der Waals surface area contributed by atoms with Crippen molar-refractivity contribution < 1.29 is 9.18 Å². The van der Waals surface area contributed by atoms with E-state index in [1.807, 2.05) is 13.8 Å². The van der Waals surface area contributed by atoms with Crippen molar-refractivity contribution in [3.8, 4) is 0 Å². The van der Waals surface area contributed by atoms with Gasteiger partial charge in [-0.05, 0) is 12.0 Å². The van der Waals surface area contributed by atoms with Crippen LogP contribution in [0.5, 0.6) is 0 Å². The average Bonchev–Trinajstić information content (AvgIpc) is 2.14. The first kappa shape index (κ1) is 10.6. The second-order valence-electron chi connectivity index (χ2n) is 3.50. The van der Waals surface area contributed by atoms with E-state index >= 15 is 0 Å². The summed E-state index contributed by atoms with van der Waals surface area (Å²) < 4.78 is 12.7. The van der Waals surface area contributed by atoms with Gasteiger partial charge in [-0.15, -0.1) is 0 Å². The SMILES string of the molecule is CC(C)CNC(=O)c1cncc(F)c1. The predicted molar refractivity (Wildman–Crippen MR) is 51.4 cm³/mol. The Balaban J connectivity index is 2.61. The van der Waals surface area contributed by atoms with Gasteiger partial charge in [0.2, 0.25) is 0 Å². The standard InChI is InChI=1S/C10H13FN2O/c1-7(2)4-13-10(14)8-3-9(11)6-12-5-8/h3,5-7H,4H2,1-2H3,(H,13,14). The monoisotopic (exact) mass is 196 g/mol. The molecule has 76 valence electrons. The summed E-state index contributed by atoms with van der Waals surface area (Å²) >= 11 is 0. The summed E-state index contributed by atoms with van der Waals surface area (Å²) in [5.41, 5.74) is 0.255. The molecule has 0 spiro atoms. The lowest BCUT2D eigenvalue weighted by Gasteiger charge is -2.06. The molecule has 0 saturated carbocycles. The normalized spacial score (nSPS) is 10.3. The predicted octanol–water partition coefficient (Wildman–Crippen LogP) is 1.61. The van der Waals surface area contributed by atoms with Crippen LogP contribution in [0.1, 0.15) is 24.2 Å². The van der Waals surface area contributed by atoms with Crippen LogP contribution in [-0.2, 0) is 0 Å². The molecule has 1 heterocycles. The van der Waals surface area contributed by atoms with Gasteiger partial charge in [0.05, 0.1) is 11.8 Å². The summed E-state index contributed by atoms with van der Waals surface area (Å²) in [6, 6.07) is 1.17. The Morgan fingerprint density at radius 3 is 2.86 bits per heavy atom. The van der Waals surface area contributed by atoms with E-state index in [-0.39, 0.29) is 11.5 Å². The van der Waals surface area contributed by atoms with Crippen LogP contribution in [0.25, 0.3) is 0 Å². The van der Waals surface area contributed by atoms with E-state index in [1.165, 1.54) is 12.3 Å². The molecule has 0 unspecified atom stereocenters. The number of hydrogen-bond donors (Lipinski definition) is 1. The van der Waals surface area contributed by atoms with Crippen molar-refractivity contribution >= 4 is 5.91 Å². The molecule has 0 aromatic carbocycles. The van der Waals surface area contributed by atoms with Crippen LogP contribution < -0.4 is 5.32 Å². The van der Waals surface area contributed by atoms with E-state index in [2.05, 4.69) is 10.3 Å². The number of amides is 1. The van der Waals surface area contributed by atoms with Crippen LogP contribution >= 0.6 is 0 Å². The van der Waals surface area contributed by atoms with E-state index in [0.717, 1.165) is 6.20 Å². The van der Waals surface area contributed by atoms with Gasteiger partial charge >= 0.3 is 0 Å². The summed E-state index contributed by atoms with van der Waals surface area (Å²) in [6.45, 7) is 4.56. The Bertz CT molecular complexity index is 326. The fraction of sp³-hybridized carbons (Fsp3) is 0.400. The van der Waals surface area contributed by atoms with Gasteiger partial charge in [0, 0.05) is 12.7 Å². The molecule has 0 aliphatic rings. The van der Waals surface area contributed by atoms with Crippen LogP contribution in [0.3, 0.4) is 0 Å². The third kappa shape index (κ3) is 3.12. The number of nitrogens with one attached hydrogen (secondary N) is 1. The van der Waals surface area contributed by atoms with Gasteiger partial charge in [-0.1, -0.05) is 13.8 Å². The highest BCUT2D eigenvalue weighted by molar-refractivity contribution is 5.93. The quantitative estimate of drug-likeness (QED) is 0.798. The zero-order valence-electron chi connectivity index (χ0n) is 8.25. The molecule has 1 rings (SSSR count). The number of aromatic nitrogens is 1. The van der Waals surface area contributed by atoms with Crippen molar-refractivity contribution in [1.82, 2.24) is 10.3 Å². The van der Waals surface area contributed by atoms with Gasteiger partial charge in [-0.3, -0.25) is 9.78 Å². The van der Waals surface area contributed by atoms with Gasteiger partial charge in [-0.2, -0.15) is 0 Å². The second-order valence-corrected chi connectivity index (χ2v) is 3.50. The molecule has 1 amide bonds. The van der Waals surface area contributed by atoms with Crippen LogP contribution in [0, 0.1) is 11.7 Å². The highest BCUT2D eigenvalue weighted by atomic mass is 19.1. The highest BCUT2D eigenvalue weighted by Crippen LogP contribution is 2.00. The number of nitrogens with zero attached hydrogens (tertiary/aromatic N) is 1. The molecule has 1 aromatic heterocycles. The van der Waals surface area contributed by atoms with E-state index in [4.69, 9.17) is 0 Å². The molecule has 4 heteroatoms. The van der Waals surface area contributed by atoms with Crippen molar-refractivity contribution in [2.45, 2.75) is 13.8 Å². The van der Waals surface area contributed by atoms with Crippen LogP contribution in [-0.4, -0.2) is 17.4 Å². The van der Waals surface area contributed by atoms with E-state index < -0.39 is 5.82 Å². The molecule has 0 fully saturated rings. The smallest absolute Gasteiger partial charge is 0.252 e. The molecular formula is C10H13FN2O. The summed E-state index contributed by atoms with van der Waals surface area (Å²) in [4.78, 5) is 15.0. The maximum Gasteiger partial charge on any atom is 0.252 e. The third-order valence-corrected chi connectivity index (χ3v) is 1.64. The third-order valence-electron chi connectivity index (χ3n) is 1.64. The van der Waals surface area contributed by atoms with Gasteiger partial charge in [0.15, 0.2) is 0 Å². The molecule has 0 atom stereocenters. The number of hydrogen-bond acceptors (Lipinski definition) is 2. The highest BCUT2D eigenvalue weighted by Gasteiger charge is 2.06. The summed E-state index contributed by atoms with van der Waals surface area (Å²) in [5, 5.41) is 2.68. The first-order valence-electron chi connectivity index (χ1n) is 4.48. The van der Waals surface area contributed by atoms with E-state index in [0.29, 0.717) is 12.5 Å². The fourth-order valence-corrected chi connectivity index (χ4v) is 0.935. The number of rotatable bonds is 3. The maximum atomic E-state index is 12.7. The maximum absolute atomic E-state index is 12.7. The minimum Gasteiger partial charge on any atom is -0.352 e. The fourth-order valence-electron chi connectivity index (χ4n) is 0.935. The van der Waals surface area contributed by atoms with Gasteiger partial charge < -0.3 is 5.32 Å². The van der Waals surface area contributed by atoms with Crippen molar-refractivity contribution in [2.24, 2.45) is 5.92 Å². The Labute approximate surface area is 82.4 Å². The summed E-state index contributed by atoms with van der Waals surface area (Å²) in [7, 11) is 0. The molecule has 0 aliphatic heterocycles. The molecule has 1 aromatic rings. The van der Waals surface area contributed by atoms with Gasteiger partial charge in [0.1, 0.15) is 5.82 Å². The van der Waals surface area contributed by atoms with Gasteiger partial charge in [-0.25, -0.2) is 4.39 Å². The molecule has 0 aliphatic carbocycles. The topological polar surface area (TPSA) is 42.0 Å². The number of pyridine rings is 1. The number of carbonyl (C=O) groups excluding carboxylic acids is 1. The molecule has 0 saturated heterocycles. The number of halogens is 1. The average molecular weight is 196 g/mol. The zero-order chi connectivity index (χ0) is 10.6. The molecule has 0 radical (unpaired) electrons. The minimum absolute atomic E-state index is 0.255. The zero-order valence-corrected chi connectivity index (χ0v) is 8.25. The largest absolute Gasteiger partial charge is 0.352 e. The molecule has 1 N–H and O–H groups in total. The van der Waals surface area contributed by atoms with Crippen molar-refractivity contribution in [1.29, 1.82) is 0 Å². The molecule has 0 bridgehead atoms. The first-order chi connectivity index (χ1) is 6.59. The Hall–Kier alpha value is -1.45. The molecule has 3 nitrogen and oxygen atoms in total. The molecular weight excluding hydrogens is 183 g/mol. The molecule has 14 heavy (non-hydrogen) atoms. The lowest BCUT2D eigenvalue weighted by Crippen LogP contribution is -2.27. The lowest BCUT2D eigenvalue weighted by molar-refractivity contribution is 0.0948. The Kier molecular flexibility index (Phi) is 3.56. The van der Waals surface area contributed by atoms with Crippen LogP contribution in [0.4, 0.5) is 4.39 Å². The van der Waals surface area contributed by atoms with Crippen LogP contribution in [0.15, 0.2) is 18.5 Å². The number of carbonyl (C=O) groups is 1.